The molecule has 0 aliphatic carbocycles. The number of ether oxygens (including phenoxy) is 2. The highest BCUT2D eigenvalue weighted by Gasteiger charge is 2.36. The summed E-state index contributed by atoms with van der Waals surface area (Å²) in [6.07, 6.45) is 11.7. The summed E-state index contributed by atoms with van der Waals surface area (Å²) >= 11 is 0. The van der Waals surface area contributed by atoms with Gasteiger partial charge in [0.15, 0.2) is 0 Å². The zero-order valence-corrected chi connectivity index (χ0v) is 13.7. The summed E-state index contributed by atoms with van der Waals surface area (Å²) in [4.78, 5) is 11.4. The minimum Gasteiger partial charge on any atom is -0.460 e. The van der Waals surface area contributed by atoms with Gasteiger partial charge in [-0.15, -0.1) is 0 Å². The monoisotopic (exact) mass is 300 g/mol. The molecule has 4 nitrogen and oxygen atoms in total. The first-order valence-electron chi connectivity index (χ1n) is 8.63. The normalized spacial score (nSPS) is 22.0. The van der Waals surface area contributed by atoms with Crippen molar-refractivity contribution in [1.82, 2.24) is 0 Å². The van der Waals surface area contributed by atoms with E-state index in [-0.39, 0.29) is 18.7 Å². The van der Waals surface area contributed by atoms with Crippen molar-refractivity contribution < 1.29 is 19.4 Å². The summed E-state index contributed by atoms with van der Waals surface area (Å²) in [7, 11) is 0. The molecule has 4 heteroatoms. The number of carbonyl (C=O) groups excluding carboxylic acids is 1. The first-order chi connectivity index (χ1) is 10.2. The van der Waals surface area contributed by atoms with E-state index in [1.165, 1.54) is 32.1 Å². The molecule has 0 aromatic carbocycles. The van der Waals surface area contributed by atoms with Crippen molar-refractivity contribution in [3.05, 3.63) is 0 Å². The van der Waals surface area contributed by atoms with E-state index in [4.69, 9.17) is 14.6 Å². The molecule has 1 aliphatic heterocycles. The maximum atomic E-state index is 11.4. The highest BCUT2D eigenvalue weighted by Crippen LogP contribution is 2.31. The van der Waals surface area contributed by atoms with Crippen LogP contribution >= 0.6 is 0 Å². The number of aliphatic hydroxyl groups is 1. The first kappa shape index (κ1) is 18.4. The minimum absolute atomic E-state index is 0.107. The number of hydrogen-bond donors (Lipinski definition) is 1. The van der Waals surface area contributed by atoms with E-state index in [1.807, 2.05) is 0 Å². The second kappa shape index (κ2) is 11.0. The lowest BCUT2D eigenvalue weighted by molar-refractivity contribution is -0.150. The molecule has 0 bridgehead atoms. The van der Waals surface area contributed by atoms with Gasteiger partial charge in [0.25, 0.3) is 0 Å². The third-order valence-electron chi connectivity index (χ3n) is 3.99. The lowest BCUT2D eigenvalue weighted by atomic mass is 10.1. The molecule has 0 aromatic rings. The Bertz CT molecular complexity index is 280. The van der Waals surface area contributed by atoms with Gasteiger partial charge < -0.3 is 14.6 Å². The molecule has 0 spiro atoms. The third kappa shape index (κ3) is 9.10. The second-order valence-electron chi connectivity index (χ2n) is 6.14. The Kier molecular flexibility index (Phi) is 9.68. The van der Waals surface area contributed by atoms with E-state index in [0.29, 0.717) is 18.6 Å². The molecule has 0 amide bonds. The average Bonchev–Trinajstić information content (AvgIpc) is 3.21. The summed E-state index contributed by atoms with van der Waals surface area (Å²) in [6.45, 7) is 3.82. The first-order valence-corrected chi connectivity index (χ1v) is 8.63. The molecule has 0 aromatic heterocycles. The zero-order chi connectivity index (χ0) is 15.5. The van der Waals surface area contributed by atoms with E-state index in [9.17, 15) is 4.79 Å². The van der Waals surface area contributed by atoms with Gasteiger partial charge in [-0.3, -0.25) is 4.79 Å². The number of hydrogen-bond acceptors (Lipinski definition) is 4. The molecule has 3 unspecified atom stereocenters. The van der Waals surface area contributed by atoms with E-state index < -0.39 is 0 Å². The summed E-state index contributed by atoms with van der Waals surface area (Å²) in [5.74, 6) is -0.201. The van der Waals surface area contributed by atoms with Crippen molar-refractivity contribution in [2.75, 3.05) is 6.61 Å². The predicted octanol–water partition coefficient (Wildman–Crippen LogP) is 3.60. The number of carbonyl (C=O) groups is 1. The fraction of sp³-hybridized carbons (Fsp3) is 0.941. The van der Waals surface area contributed by atoms with Crippen LogP contribution in [0.15, 0.2) is 0 Å². The van der Waals surface area contributed by atoms with E-state index in [0.717, 1.165) is 25.7 Å². The molecule has 124 valence electrons. The molecule has 1 saturated heterocycles. The highest BCUT2D eigenvalue weighted by molar-refractivity contribution is 5.69. The maximum Gasteiger partial charge on any atom is 0.306 e. The van der Waals surface area contributed by atoms with E-state index in [1.54, 1.807) is 6.92 Å². The van der Waals surface area contributed by atoms with Crippen LogP contribution in [0.3, 0.4) is 0 Å². The standard InChI is InChI=1S/C17H32O4/c1-3-4-5-7-10-15-16(21-15)11-8-6-9-12-17(19)20-14(2)13-18/h14-16,18H,3-13H2,1-2H3. The molecule has 1 aliphatic rings. The number of unbranched alkanes of at least 4 members (excludes halogenated alkanes) is 5. The van der Waals surface area contributed by atoms with E-state index >= 15 is 0 Å². The molecule has 0 saturated carbocycles. The summed E-state index contributed by atoms with van der Waals surface area (Å²) in [6, 6.07) is 0. The van der Waals surface area contributed by atoms with Crippen molar-refractivity contribution in [3.8, 4) is 0 Å². The highest BCUT2D eigenvalue weighted by atomic mass is 16.6. The smallest absolute Gasteiger partial charge is 0.306 e. The van der Waals surface area contributed by atoms with Crippen LogP contribution in [0.1, 0.15) is 78.1 Å². The molecule has 1 heterocycles. The number of epoxide rings is 1. The molecule has 1 fully saturated rings. The molecular formula is C17H32O4. The molecule has 3 atom stereocenters. The van der Waals surface area contributed by atoms with Crippen molar-refractivity contribution in [2.24, 2.45) is 0 Å². The van der Waals surface area contributed by atoms with Crippen molar-refractivity contribution in [3.63, 3.8) is 0 Å². The van der Waals surface area contributed by atoms with Crippen LogP contribution in [0.25, 0.3) is 0 Å². The van der Waals surface area contributed by atoms with Crippen molar-refractivity contribution in [2.45, 2.75) is 96.4 Å². The number of aliphatic hydroxyl groups excluding tert-OH is 1. The predicted molar refractivity (Wildman–Crippen MR) is 83.1 cm³/mol. The summed E-state index contributed by atoms with van der Waals surface area (Å²) in [5, 5.41) is 8.79. The Balaban J connectivity index is 1.86. The van der Waals surface area contributed by atoms with Crippen LogP contribution in [0.2, 0.25) is 0 Å². The Morgan fingerprint density at radius 1 is 1.10 bits per heavy atom. The molecule has 21 heavy (non-hydrogen) atoms. The Morgan fingerprint density at radius 2 is 1.71 bits per heavy atom. The van der Waals surface area contributed by atoms with Crippen LogP contribution < -0.4 is 0 Å². The van der Waals surface area contributed by atoms with Gasteiger partial charge in [0.2, 0.25) is 0 Å². The summed E-state index contributed by atoms with van der Waals surface area (Å²) in [5.41, 5.74) is 0. The fourth-order valence-corrected chi connectivity index (χ4v) is 2.57. The van der Waals surface area contributed by atoms with E-state index in [2.05, 4.69) is 6.92 Å². The van der Waals surface area contributed by atoms with Gasteiger partial charge in [-0.05, 0) is 26.2 Å². The second-order valence-corrected chi connectivity index (χ2v) is 6.14. The molecule has 1 N–H and O–H groups in total. The largest absolute Gasteiger partial charge is 0.460 e. The van der Waals surface area contributed by atoms with Gasteiger partial charge in [0.05, 0.1) is 18.8 Å². The quantitative estimate of drug-likeness (QED) is 0.321. The lowest BCUT2D eigenvalue weighted by Gasteiger charge is -2.09. The number of esters is 1. The van der Waals surface area contributed by atoms with Crippen LogP contribution in [-0.4, -0.2) is 36.0 Å². The Hall–Kier alpha value is -0.610. The maximum absolute atomic E-state index is 11.4. The topological polar surface area (TPSA) is 59.1 Å². The minimum atomic E-state index is -0.383. The average molecular weight is 300 g/mol. The van der Waals surface area contributed by atoms with Gasteiger partial charge in [-0.1, -0.05) is 45.4 Å². The van der Waals surface area contributed by atoms with Crippen LogP contribution in [0, 0.1) is 0 Å². The fourth-order valence-electron chi connectivity index (χ4n) is 2.57. The Morgan fingerprint density at radius 3 is 2.29 bits per heavy atom. The van der Waals surface area contributed by atoms with Gasteiger partial charge >= 0.3 is 5.97 Å². The molecule has 1 rings (SSSR count). The Labute approximate surface area is 129 Å². The summed E-state index contributed by atoms with van der Waals surface area (Å²) < 4.78 is 10.7. The van der Waals surface area contributed by atoms with Gasteiger partial charge in [0.1, 0.15) is 6.10 Å². The van der Waals surface area contributed by atoms with Crippen LogP contribution in [-0.2, 0) is 14.3 Å². The lowest BCUT2D eigenvalue weighted by Crippen LogP contribution is -2.18. The van der Waals surface area contributed by atoms with Crippen molar-refractivity contribution in [1.29, 1.82) is 0 Å². The molecular weight excluding hydrogens is 268 g/mol. The van der Waals surface area contributed by atoms with Gasteiger partial charge in [-0.2, -0.15) is 0 Å². The number of rotatable bonds is 13. The van der Waals surface area contributed by atoms with Crippen LogP contribution in [0.5, 0.6) is 0 Å². The van der Waals surface area contributed by atoms with Gasteiger partial charge in [-0.25, -0.2) is 0 Å². The van der Waals surface area contributed by atoms with Gasteiger partial charge in [0, 0.05) is 6.42 Å². The zero-order valence-electron chi connectivity index (χ0n) is 13.7. The third-order valence-corrected chi connectivity index (χ3v) is 3.99. The SMILES string of the molecule is CCCCCCC1OC1CCCCCC(=O)OC(C)CO. The molecule has 0 radical (unpaired) electrons. The van der Waals surface area contributed by atoms with Crippen LogP contribution in [0.4, 0.5) is 0 Å². The van der Waals surface area contributed by atoms with Crippen molar-refractivity contribution >= 4 is 5.97 Å².